The van der Waals surface area contributed by atoms with E-state index in [2.05, 4.69) is 22.1 Å². The molecule has 0 fully saturated rings. The van der Waals surface area contributed by atoms with E-state index in [0.29, 0.717) is 27.7 Å². The number of ether oxygens (including phenoxy) is 1. The zero-order valence-corrected chi connectivity index (χ0v) is 21.2. The third kappa shape index (κ3) is 5.90. The average molecular weight is 518 g/mol. The maximum Gasteiger partial charge on any atom is 0.339 e. The summed E-state index contributed by atoms with van der Waals surface area (Å²) >= 11 is 6.22. The lowest BCUT2D eigenvalue weighted by atomic mass is 10.0. The smallest absolute Gasteiger partial charge is 0.339 e. The van der Waals surface area contributed by atoms with Crippen molar-refractivity contribution in [3.63, 3.8) is 0 Å². The van der Waals surface area contributed by atoms with Crippen LogP contribution < -0.4 is 0 Å². The number of hydrogen-bond donors (Lipinski definition) is 1. The normalized spacial score (nSPS) is 11.5. The Labute approximate surface area is 218 Å². The first-order chi connectivity index (χ1) is 17.7. The van der Waals surface area contributed by atoms with E-state index in [1.165, 1.54) is 6.20 Å². The molecule has 4 aromatic rings. The van der Waals surface area contributed by atoms with Gasteiger partial charge in [-0.05, 0) is 51.1 Å². The number of aromatic carboxylic acids is 1. The van der Waals surface area contributed by atoms with Gasteiger partial charge >= 0.3 is 11.9 Å². The van der Waals surface area contributed by atoms with Crippen LogP contribution in [0.5, 0.6) is 0 Å². The summed E-state index contributed by atoms with van der Waals surface area (Å²) in [6.07, 6.45) is 0.824. The summed E-state index contributed by atoms with van der Waals surface area (Å²) < 4.78 is 12.7. The Morgan fingerprint density at radius 1 is 1.16 bits per heavy atom. The standard InChI is InChI=1S/C28H24ClN3O5/c1-17-23(15-26(33)36-19(3)22-8-4-5-9-25(22)29)27(37-31-17)21-12-10-20(11-13-21)7-6-14-32-18(2)24(16-30-32)28(34)35/h4-5,8-13,16,19H,14-15H2,1-3H3,(H,34,35). The van der Waals surface area contributed by atoms with Gasteiger partial charge in [-0.2, -0.15) is 5.10 Å². The van der Waals surface area contributed by atoms with Crippen LogP contribution in [0, 0.1) is 25.7 Å². The van der Waals surface area contributed by atoms with Crippen molar-refractivity contribution in [2.24, 2.45) is 0 Å². The molecule has 1 atom stereocenters. The molecular weight excluding hydrogens is 494 g/mol. The van der Waals surface area contributed by atoms with Gasteiger partial charge in [-0.1, -0.05) is 46.8 Å². The molecule has 0 amide bonds. The molecule has 0 saturated heterocycles. The minimum absolute atomic E-state index is 0.00255. The van der Waals surface area contributed by atoms with Gasteiger partial charge in [-0.3, -0.25) is 9.48 Å². The van der Waals surface area contributed by atoms with Gasteiger partial charge in [0.05, 0.1) is 24.0 Å². The van der Waals surface area contributed by atoms with Crippen molar-refractivity contribution in [2.45, 2.75) is 39.8 Å². The molecule has 1 N–H and O–H groups in total. The molecule has 1 unspecified atom stereocenters. The topological polar surface area (TPSA) is 107 Å². The first kappa shape index (κ1) is 25.7. The third-order valence-corrected chi connectivity index (χ3v) is 6.24. The molecule has 8 nitrogen and oxygen atoms in total. The molecule has 188 valence electrons. The minimum Gasteiger partial charge on any atom is -0.478 e. The molecule has 0 saturated carbocycles. The molecule has 0 bridgehead atoms. The van der Waals surface area contributed by atoms with Crippen LogP contribution in [0.25, 0.3) is 11.3 Å². The van der Waals surface area contributed by atoms with Crippen molar-refractivity contribution in [1.29, 1.82) is 0 Å². The van der Waals surface area contributed by atoms with Crippen LogP contribution in [0.15, 0.2) is 59.3 Å². The highest BCUT2D eigenvalue weighted by molar-refractivity contribution is 6.31. The highest BCUT2D eigenvalue weighted by Gasteiger charge is 2.21. The fraction of sp³-hybridized carbons (Fsp3) is 0.214. The van der Waals surface area contributed by atoms with Crippen molar-refractivity contribution in [3.8, 4) is 23.2 Å². The van der Waals surface area contributed by atoms with Crippen molar-refractivity contribution >= 4 is 23.5 Å². The van der Waals surface area contributed by atoms with Crippen molar-refractivity contribution < 1.29 is 24.0 Å². The molecule has 0 aliphatic rings. The number of carboxylic acids is 1. The van der Waals surface area contributed by atoms with Crippen LogP contribution in [0.4, 0.5) is 0 Å². The number of nitrogens with zero attached hydrogens (tertiary/aromatic N) is 3. The minimum atomic E-state index is -1.02. The fourth-order valence-electron chi connectivity index (χ4n) is 3.81. The summed E-state index contributed by atoms with van der Waals surface area (Å²) in [7, 11) is 0. The van der Waals surface area contributed by atoms with E-state index in [0.717, 1.165) is 16.7 Å². The first-order valence-corrected chi connectivity index (χ1v) is 11.9. The van der Waals surface area contributed by atoms with E-state index in [1.807, 2.05) is 42.5 Å². The zero-order valence-electron chi connectivity index (χ0n) is 20.5. The molecule has 0 spiro atoms. The average Bonchev–Trinajstić information content (AvgIpc) is 3.42. The summed E-state index contributed by atoms with van der Waals surface area (Å²) in [4.78, 5) is 23.9. The summed E-state index contributed by atoms with van der Waals surface area (Å²) in [5, 5.41) is 17.8. The number of aromatic nitrogens is 3. The number of carbonyl (C=O) groups excluding carboxylic acids is 1. The van der Waals surface area contributed by atoms with Gasteiger partial charge in [0, 0.05) is 27.3 Å². The van der Waals surface area contributed by atoms with Gasteiger partial charge in [-0.25, -0.2) is 4.79 Å². The van der Waals surface area contributed by atoms with E-state index in [9.17, 15) is 9.59 Å². The SMILES string of the molecule is Cc1noc(-c2ccc(C#CCn3ncc(C(=O)O)c3C)cc2)c1CC(=O)OC(C)c1ccccc1Cl. The molecule has 0 aliphatic heterocycles. The summed E-state index contributed by atoms with van der Waals surface area (Å²) in [6.45, 7) is 5.51. The van der Waals surface area contributed by atoms with Crippen LogP contribution in [0.2, 0.25) is 5.02 Å². The number of aryl methyl sites for hydroxylation is 1. The van der Waals surface area contributed by atoms with Crippen LogP contribution in [-0.2, 0) is 22.5 Å². The lowest BCUT2D eigenvalue weighted by Crippen LogP contribution is -2.12. The van der Waals surface area contributed by atoms with E-state index in [4.69, 9.17) is 26.0 Å². The first-order valence-electron chi connectivity index (χ1n) is 11.5. The van der Waals surface area contributed by atoms with Crippen molar-refractivity contribution in [2.75, 3.05) is 0 Å². The molecular formula is C28H24ClN3O5. The highest BCUT2D eigenvalue weighted by Crippen LogP contribution is 2.29. The Hall–Kier alpha value is -4.35. The molecule has 9 heteroatoms. The predicted molar refractivity (Wildman–Crippen MR) is 137 cm³/mol. The summed E-state index contributed by atoms with van der Waals surface area (Å²) in [6, 6.07) is 14.6. The van der Waals surface area contributed by atoms with Crippen LogP contribution in [0.3, 0.4) is 0 Å². The molecule has 2 aromatic carbocycles. The molecule has 0 radical (unpaired) electrons. The van der Waals surface area contributed by atoms with Crippen molar-refractivity contribution in [3.05, 3.63) is 93.4 Å². The molecule has 2 aromatic heterocycles. The Kier molecular flexibility index (Phi) is 7.75. The summed E-state index contributed by atoms with van der Waals surface area (Å²) in [5.41, 5.74) is 4.22. The maximum atomic E-state index is 12.7. The quantitative estimate of drug-likeness (QED) is 0.258. The number of halogens is 1. The monoisotopic (exact) mass is 517 g/mol. The zero-order chi connectivity index (χ0) is 26.5. The molecule has 2 heterocycles. The van der Waals surface area contributed by atoms with E-state index < -0.39 is 18.0 Å². The highest BCUT2D eigenvalue weighted by atomic mass is 35.5. The Bertz CT molecular complexity index is 1510. The number of hydrogen-bond acceptors (Lipinski definition) is 6. The largest absolute Gasteiger partial charge is 0.478 e. The Morgan fingerprint density at radius 3 is 2.57 bits per heavy atom. The second-order valence-corrected chi connectivity index (χ2v) is 8.80. The maximum absolute atomic E-state index is 12.7. The lowest BCUT2D eigenvalue weighted by Gasteiger charge is -2.15. The second kappa shape index (κ2) is 11.1. The Morgan fingerprint density at radius 2 is 1.89 bits per heavy atom. The van der Waals surface area contributed by atoms with Gasteiger partial charge in [-0.15, -0.1) is 0 Å². The van der Waals surface area contributed by atoms with Gasteiger partial charge in [0.1, 0.15) is 18.2 Å². The summed E-state index contributed by atoms with van der Waals surface area (Å²) in [5.74, 6) is 5.10. The van der Waals surface area contributed by atoms with Gasteiger partial charge in [0.2, 0.25) is 0 Å². The Balaban J connectivity index is 1.44. The number of carbonyl (C=O) groups is 2. The van der Waals surface area contributed by atoms with Gasteiger partial charge in [0.25, 0.3) is 0 Å². The van der Waals surface area contributed by atoms with Crippen LogP contribution in [-0.4, -0.2) is 32.0 Å². The second-order valence-electron chi connectivity index (χ2n) is 8.39. The van der Waals surface area contributed by atoms with Gasteiger partial charge < -0.3 is 14.4 Å². The number of benzene rings is 2. The van der Waals surface area contributed by atoms with Crippen LogP contribution in [0.1, 0.15) is 51.5 Å². The van der Waals surface area contributed by atoms with Gasteiger partial charge in [0.15, 0.2) is 5.76 Å². The van der Waals surface area contributed by atoms with E-state index in [-0.39, 0.29) is 18.5 Å². The fourth-order valence-corrected chi connectivity index (χ4v) is 4.10. The van der Waals surface area contributed by atoms with Crippen LogP contribution >= 0.6 is 11.6 Å². The number of carboxylic acid groups (broad SMARTS) is 1. The third-order valence-electron chi connectivity index (χ3n) is 5.90. The number of rotatable bonds is 7. The molecule has 0 aliphatic carbocycles. The molecule has 37 heavy (non-hydrogen) atoms. The van der Waals surface area contributed by atoms with E-state index in [1.54, 1.807) is 31.5 Å². The number of esters is 1. The molecule has 4 rings (SSSR count). The lowest BCUT2D eigenvalue weighted by molar-refractivity contribution is -0.147. The van der Waals surface area contributed by atoms with Crippen molar-refractivity contribution in [1.82, 2.24) is 14.9 Å². The van der Waals surface area contributed by atoms with E-state index >= 15 is 0 Å². The predicted octanol–water partition coefficient (Wildman–Crippen LogP) is 5.41.